The van der Waals surface area contributed by atoms with Crippen molar-refractivity contribution in [3.05, 3.63) is 30.0 Å². The van der Waals surface area contributed by atoms with E-state index in [0.29, 0.717) is 6.04 Å². The Labute approximate surface area is 120 Å². The highest BCUT2D eigenvalue weighted by atomic mass is 15.3. The van der Waals surface area contributed by atoms with Crippen molar-refractivity contribution in [1.82, 2.24) is 15.5 Å². The van der Waals surface area contributed by atoms with Crippen LogP contribution in [-0.4, -0.2) is 35.9 Å². The molecule has 0 atom stereocenters. The average molecular weight is 270 g/mol. The van der Waals surface area contributed by atoms with Gasteiger partial charge in [-0.2, -0.15) is 5.10 Å². The van der Waals surface area contributed by atoms with Crippen LogP contribution < -0.4 is 10.2 Å². The van der Waals surface area contributed by atoms with Gasteiger partial charge in [-0.1, -0.05) is 31.2 Å². The number of nitrogens with one attached hydrogen (secondary N) is 1. The van der Waals surface area contributed by atoms with Crippen LogP contribution in [0.4, 0.5) is 5.82 Å². The van der Waals surface area contributed by atoms with Crippen LogP contribution in [0.25, 0.3) is 10.8 Å². The van der Waals surface area contributed by atoms with Crippen molar-refractivity contribution in [2.75, 3.05) is 24.5 Å². The molecular weight excluding hydrogens is 248 g/mol. The first-order valence-electron chi connectivity index (χ1n) is 7.50. The van der Waals surface area contributed by atoms with E-state index in [9.17, 15) is 0 Å². The fourth-order valence-electron chi connectivity index (χ4n) is 3.04. The Morgan fingerprint density at radius 1 is 1.15 bits per heavy atom. The molecule has 0 spiro atoms. The molecule has 1 aromatic carbocycles. The molecule has 1 N–H and O–H groups in total. The molecule has 0 saturated carbocycles. The van der Waals surface area contributed by atoms with Gasteiger partial charge in [0.1, 0.15) is 0 Å². The highest BCUT2D eigenvalue weighted by Crippen LogP contribution is 2.27. The topological polar surface area (TPSA) is 41.0 Å². The van der Waals surface area contributed by atoms with Gasteiger partial charge in [0.05, 0.1) is 5.69 Å². The molecular formula is C16H22N4. The lowest BCUT2D eigenvalue weighted by molar-refractivity contribution is 0.422. The first-order chi connectivity index (χ1) is 9.79. The van der Waals surface area contributed by atoms with Crippen LogP contribution in [0.1, 0.15) is 25.5 Å². The molecule has 1 fully saturated rings. The maximum atomic E-state index is 4.46. The van der Waals surface area contributed by atoms with Crippen LogP contribution in [0.2, 0.25) is 0 Å². The number of rotatable bonds is 3. The number of hydrogen-bond donors (Lipinski definition) is 1. The molecule has 2 heterocycles. The second kappa shape index (κ2) is 5.75. The first kappa shape index (κ1) is 13.3. The van der Waals surface area contributed by atoms with E-state index in [1.807, 2.05) is 6.92 Å². The molecule has 0 amide bonds. The van der Waals surface area contributed by atoms with Gasteiger partial charge < -0.3 is 10.2 Å². The van der Waals surface area contributed by atoms with Gasteiger partial charge in [0, 0.05) is 29.9 Å². The third-order valence-electron chi connectivity index (χ3n) is 4.14. The van der Waals surface area contributed by atoms with E-state index in [2.05, 4.69) is 51.6 Å². The van der Waals surface area contributed by atoms with Crippen LogP contribution in [0, 0.1) is 6.92 Å². The van der Waals surface area contributed by atoms with Crippen molar-refractivity contribution in [3.63, 3.8) is 0 Å². The van der Waals surface area contributed by atoms with E-state index in [-0.39, 0.29) is 0 Å². The Morgan fingerprint density at radius 2 is 1.85 bits per heavy atom. The Kier molecular flexibility index (Phi) is 3.83. The Bertz CT molecular complexity index is 588. The van der Waals surface area contributed by atoms with Gasteiger partial charge >= 0.3 is 0 Å². The lowest BCUT2D eigenvalue weighted by Crippen LogP contribution is -2.42. The summed E-state index contributed by atoms with van der Waals surface area (Å²) in [6, 6.07) is 9.09. The molecule has 4 heteroatoms. The molecule has 0 unspecified atom stereocenters. The second-order valence-electron chi connectivity index (χ2n) is 5.47. The van der Waals surface area contributed by atoms with E-state index in [1.165, 1.54) is 23.6 Å². The van der Waals surface area contributed by atoms with Gasteiger partial charge in [0.25, 0.3) is 0 Å². The summed E-state index contributed by atoms with van der Waals surface area (Å²) >= 11 is 0. The second-order valence-corrected chi connectivity index (χ2v) is 5.47. The van der Waals surface area contributed by atoms with E-state index < -0.39 is 0 Å². The number of aryl methyl sites for hydroxylation is 1. The summed E-state index contributed by atoms with van der Waals surface area (Å²) < 4.78 is 0. The Hall–Kier alpha value is -1.68. The summed E-state index contributed by atoms with van der Waals surface area (Å²) in [6.45, 7) is 7.36. The normalized spacial score (nSPS) is 16.8. The van der Waals surface area contributed by atoms with Crippen LogP contribution in [0.3, 0.4) is 0 Å². The quantitative estimate of drug-likeness (QED) is 0.930. The SMILES string of the molecule is CCNC1CCN(c2nnc(C)c3ccccc23)CC1. The fraction of sp³-hybridized carbons (Fsp3) is 0.500. The molecule has 1 saturated heterocycles. The first-order valence-corrected chi connectivity index (χ1v) is 7.50. The summed E-state index contributed by atoms with van der Waals surface area (Å²) in [4.78, 5) is 2.38. The number of hydrogen-bond acceptors (Lipinski definition) is 4. The highest BCUT2D eigenvalue weighted by molar-refractivity contribution is 5.93. The number of nitrogens with zero attached hydrogens (tertiary/aromatic N) is 3. The zero-order valence-corrected chi connectivity index (χ0v) is 12.3. The lowest BCUT2D eigenvalue weighted by atomic mass is 10.0. The molecule has 1 aromatic heterocycles. The lowest BCUT2D eigenvalue weighted by Gasteiger charge is -2.33. The zero-order chi connectivity index (χ0) is 13.9. The third-order valence-corrected chi connectivity index (χ3v) is 4.14. The third kappa shape index (κ3) is 2.48. The Balaban J connectivity index is 1.87. The van der Waals surface area contributed by atoms with E-state index in [0.717, 1.165) is 31.1 Å². The summed E-state index contributed by atoms with van der Waals surface area (Å²) in [5.74, 6) is 1.04. The van der Waals surface area contributed by atoms with Gasteiger partial charge in [-0.3, -0.25) is 0 Å². The van der Waals surface area contributed by atoms with Crippen LogP contribution in [0.15, 0.2) is 24.3 Å². The number of aromatic nitrogens is 2. The number of piperidine rings is 1. The van der Waals surface area contributed by atoms with Crippen molar-refractivity contribution in [2.24, 2.45) is 0 Å². The fourth-order valence-corrected chi connectivity index (χ4v) is 3.04. The van der Waals surface area contributed by atoms with Crippen molar-refractivity contribution in [3.8, 4) is 0 Å². The van der Waals surface area contributed by atoms with Crippen molar-refractivity contribution < 1.29 is 0 Å². The van der Waals surface area contributed by atoms with E-state index in [4.69, 9.17) is 0 Å². The predicted octanol–water partition coefficient (Wildman–Crippen LogP) is 2.52. The monoisotopic (exact) mass is 270 g/mol. The van der Waals surface area contributed by atoms with Gasteiger partial charge in [0.2, 0.25) is 0 Å². The largest absolute Gasteiger partial charge is 0.354 e. The summed E-state index contributed by atoms with van der Waals surface area (Å²) in [6.07, 6.45) is 2.36. The van der Waals surface area contributed by atoms with Gasteiger partial charge in [-0.25, -0.2) is 0 Å². The Morgan fingerprint density at radius 3 is 2.55 bits per heavy atom. The summed E-state index contributed by atoms with van der Waals surface area (Å²) in [5, 5.41) is 14.8. The zero-order valence-electron chi connectivity index (χ0n) is 12.3. The molecule has 0 aliphatic carbocycles. The van der Waals surface area contributed by atoms with Crippen LogP contribution >= 0.6 is 0 Å². The smallest absolute Gasteiger partial charge is 0.159 e. The standard InChI is InChI=1S/C16H22N4/c1-3-17-13-8-10-20(11-9-13)16-15-7-5-4-6-14(15)12(2)18-19-16/h4-7,13,17H,3,8-11H2,1-2H3. The molecule has 1 aliphatic heterocycles. The molecule has 1 aliphatic rings. The minimum Gasteiger partial charge on any atom is -0.354 e. The van der Waals surface area contributed by atoms with Gasteiger partial charge in [-0.05, 0) is 26.3 Å². The molecule has 20 heavy (non-hydrogen) atoms. The molecule has 2 aromatic rings. The minimum atomic E-state index is 0.654. The number of fused-ring (bicyclic) bond motifs is 1. The maximum absolute atomic E-state index is 4.46. The minimum absolute atomic E-state index is 0.654. The average Bonchev–Trinajstić information content (AvgIpc) is 2.49. The van der Waals surface area contributed by atoms with E-state index in [1.54, 1.807) is 0 Å². The highest BCUT2D eigenvalue weighted by Gasteiger charge is 2.21. The molecule has 0 radical (unpaired) electrons. The molecule has 0 bridgehead atoms. The molecule has 106 valence electrons. The van der Waals surface area contributed by atoms with Crippen molar-refractivity contribution >= 4 is 16.6 Å². The summed E-state index contributed by atoms with van der Waals surface area (Å²) in [7, 11) is 0. The predicted molar refractivity (Wildman–Crippen MR) is 83.2 cm³/mol. The van der Waals surface area contributed by atoms with Crippen molar-refractivity contribution in [2.45, 2.75) is 32.7 Å². The van der Waals surface area contributed by atoms with Crippen LogP contribution in [-0.2, 0) is 0 Å². The van der Waals surface area contributed by atoms with E-state index >= 15 is 0 Å². The number of benzene rings is 1. The van der Waals surface area contributed by atoms with Crippen LogP contribution in [0.5, 0.6) is 0 Å². The summed E-state index contributed by atoms with van der Waals surface area (Å²) in [5.41, 5.74) is 1.01. The molecule has 3 rings (SSSR count). The van der Waals surface area contributed by atoms with Crippen molar-refractivity contribution in [1.29, 1.82) is 0 Å². The van der Waals surface area contributed by atoms with Gasteiger partial charge in [0.15, 0.2) is 5.82 Å². The molecule has 4 nitrogen and oxygen atoms in total. The number of anilines is 1. The maximum Gasteiger partial charge on any atom is 0.159 e. The van der Waals surface area contributed by atoms with Gasteiger partial charge in [-0.15, -0.1) is 5.10 Å².